The van der Waals surface area contributed by atoms with Crippen LogP contribution in [0.15, 0.2) is 24.3 Å². The van der Waals surface area contributed by atoms with Gasteiger partial charge in [-0.15, -0.1) is 0 Å². The van der Waals surface area contributed by atoms with Crippen LogP contribution in [0, 0.1) is 0 Å². The van der Waals surface area contributed by atoms with Crippen LogP contribution in [0.2, 0.25) is 0 Å². The summed E-state index contributed by atoms with van der Waals surface area (Å²) >= 11 is 0. The molecule has 3 amide bonds. The van der Waals surface area contributed by atoms with Gasteiger partial charge < -0.3 is 15.5 Å². The van der Waals surface area contributed by atoms with Crippen LogP contribution in [0.4, 0.5) is 10.5 Å². The highest BCUT2D eigenvalue weighted by molar-refractivity contribution is 5.92. The molecule has 1 rings (SSSR count). The number of hydrogen-bond donors (Lipinski definition) is 2. The summed E-state index contributed by atoms with van der Waals surface area (Å²) in [4.78, 5) is 25.3. The summed E-state index contributed by atoms with van der Waals surface area (Å²) in [5.41, 5.74) is 1.59. The Morgan fingerprint density at radius 3 is 2.41 bits per heavy atom. The van der Waals surface area contributed by atoms with Gasteiger partial charge in [-0.2, -0.15) is 0 Å². The molecule has 0 unspecified atom stereocenters. The van der Waals surface area contributed by atoms with E-state index in [2.05, 4.69) is 24.5 Å². The summed E-state index contributed by atoms with van der Waals surface area (Å²) in [6.07, 6.45) is 0. The monoisotopic (exact) mass is 305 g/mol. The third-order valence-corrected chi connectivity index (χ3v) is 3.05. The van der Waals surface area contributed by atoms with E-state index in [0.29, 0.717) is 5.92 Å². The first-order valence-electron chi connectivity index (χ1n) is 7.51. The molecule has 0 radical (unpaired) electrons. The number of amides is 3. The number of nitrogens with one attached hydrogen (secondary N) is 2. The quantitative estimate of drug-likeness (QED) is 0.897. The molecule has 0 aromatic heterocycles. The van der Waals surface area contributed by atoms with Crippen LogP contribution >= 0.6 is 0 Å². The van der Waals surface area contributed by atoms with Crippen molar-refractivity contribution in [3.8, 4) is 0 Å². The Morgan fingerprint density at radius 2 is 1.86 bits per heavy atom. The van der Waals surface area contributed by atoms with Crippen molar-refractivity contribution < 1.29 is 9.59 Å². The molecule has 0 aliphatic heterocycles. The molecule has 0 atom stereocenters. The van der Waals surface area contributed by atoms with Crippen molar-refractivity contribution in [1.29, 1.82) is 0 Å². The van der Waals surface area contributed by atoms with E-state index in [1.54, 1.807) is 7.05 Å². The van der Waals surface area contributed by atoms with Crippen LogP contribution in [0.3, 0.4) is 0 Å². The first kappa shape index (κ1) is 18.0. The Kier molecular flexibility index (Phi) is 5.97. The molecule has 0 saturated carbocycles. The molecule has 0 heterocycles. The van der Waals surface area contributed by atoms with Gasteiger partial charge in [-0.3, -0.25) is 4.79 Å². The van der Waals surface area contributed by atoms with E-state index in [-0.39, 0.29) is 24.0 Å². The van der Waals surface area contributed by atoms with E-state index in [0.717, 1.165) is 11.3 Å². The molecule has 22 heavy (non-hydrogen) atoms. The lowest BCUT2D eigenvalue weighted by Gasteiger charge is -2.23. The van der Waals surface area contributed by atoms with E-state index >= 15 is 0 Å². The van der Waals surface area contributed by atoms with Gasteiger partial charge in [0.25, 0.3) is 0 Å². The fourth-order valence-electron chi connectivity index (χ4n) is 1.94. The van der Waals surface area contributed by atoms with Crippen molar-refractivity contribution in [1.82, 2.24) is 10.2 Å². The molecule has 0 aliphatic rings. The van der Waals surface area contributed by atoms with Gasteiger partial charge in [0.1, 0.15) is 6.54 Å². The van der Waals surface area contributed by atoms with Gasteiger partial charge in [-0.1, -0.05) is 26.0 Å². The van der Waals surface area contributed by atoms with Crippen LogP contribution in [-0.4, -0.2) is 36.0 Å². The number of benzene rings is 1. The Morgan fingerprint density at radius 1 is 1.23 bits per heavy atom. The fraction of sp³-hybridized carbons (Fsp3) is 0.529. The third-order valence-electron chi connectivity index (χ3n) is 3.05. The minimum Gasteiger partial charge on any atom is -0.350 e. The van der Waals surface area contributed by atoms with Gasteiger partial charge in [-0.25, -0.2) is 4.79 Å². The lowest BCUT2D eigenvalue weighted by Crippen LogP contribution is -2.47. The topological polar surface area (TPSA) is 61.4 Å². The molecule has 2 N–H and O–H groups in total. The van der Waals surface area contributed by atoms with Gasteiger partial charge >= 0.3 is 6.03 Å². The molecule has 5 nitrogen and oxygen atoms in total. The normalized spacial score (nSPS) is 11.2. The van der Waals surface area contributed by atoms with E-state index in [4.69, 9.17) is 0 Å². The van der Waals surface area contributed by atoms with Crippen LogP contribution in [-0.2, 0) is 4.79 Å². The van der Waals surface area contributed by atoms with Crippen molar-refractivity contribution in [2.45, 2.75) is 46.1 Å². The lowest BCUT2D eigenvalue weighted by atomic mass is 10.0. The number of rotatable bonds is 4. The highest BCUT2D eigenvalue weighted by atomic mass is 16.2. The smallest absolute Gasteiger partial charge is 0.322 e. The summed E-state index contributed by atoms with van der Waals surface area (Å²) < 4.78 is 0. The number of hydrogen-bond acceptors (Lipinski definition) is 2. The summed E-state index contributed by atoms with van der Waals surface area (Å²) in [7, 11) is 1.60. The van der Waals surface area contributed by atoms with Crippen LogP contribution in [0.25, 0.3) is 0 Å². The largest absolute Gasteiger partial charge is 0.350 e. The van der Waals surface area contributed by atoms with Gasteiger partial charge in [0.15, 0.2) is 0 Å². The zero-order chi connectivity index (χ0) is 16.9. The van der Waals surface area contributed by atoms with Crippen molar-refractivity contribution >= 4 is 17.6 Å². The molecular weight excluding hydrogens is 278 g/mol. The second-order valence-corrected chi connectivity index (χ2v) is 6.86. The number of likely N-dealkylation sites (N-methyl/N-ethyl adjacent to an activating group) is 1. The van der Waals surface area contributed by atoms with Gasteiger partial charge in [0, 0.05) is 18.3 Å². The second-order valence-electron chi connectivity index (χ2n) is 6.86. The fourth-order valence-corrected chi connectivity index (χ4v) is 1.94. The van der Waals surface area contributed by atoms with Crippen molar-refractivity contribution in [3.05, 3.63) is 29.8 Å². The predicted octanol–water partition coefficient (Wildman–Crippen LogP) is 3.19. The molecule has 1 aromatic rings. The van der Waals surface area contributed by atoms with E-state index in [9.17, 15) is 9.59 Å². The summed E-state index contributed by atoms with van der Waals surface area (Å²) in [6, 6.07) is 7.43. The van der Waals surface area contributed by atoms with E-state index in [1.165, 1.54) is 4.90 Å². The van der Waals surface area contributed by atoms with Gasteiger partial charge in [0.2, 0.25) is 5.91 Å². The Bertz CT molecular complexity index is 533. The van der Waals surface area contributed by atoms with Crippen LogP contribution < -0.4 is 10.6 Å². The number of nitrogens with zero attached hydrogens (tertiary/aromatic N) is 1. The first-order valence-corrected chi connectivity index (χ1v) is 7.51. The van der Waals surface area contributed by atoms with Crippen molar-refractivity contribution in [2.75, 3.05) is 18.9 Å². The minimum absolute atomic E-state index is 0.0208. The van der Waals surface area contributed by atoms with E-state index in [1.807, 2.05) is 45.0 Å². The summed E-state index contributed by atoms with van der Waals surface area (Å²) in [5.74, 6) is 0.216. The maximum Gasteiger partial charge on any atom is 0.322 e. The second kappa shape index (κ2) is 7.29. The van der Waals surface area contributed by atoms with Crippen LogP contribution in [0.5, 0.6) is 0 Å². The molecule has 0 aliphatic carbocycles. The van der Waals surface area contributed by atoms with E-state index < -0.39 is 0 Å². The lowest BCUT2D eigenvalue weighted by molar-refractivity contribution is -0.122. The van der Waals surface area contributed by atoms with Gasteiger partial charge in [0.05, 0.1) is 0 Å². The minimum atomic E-state index is -0.306. The zero-order valence-corrected chi connectivity index (χ0v) is 14.4. The van der Waals surface area contributed by atoms with Crippen LogP contribution in [0.1, 0.15) is 46.1 Å². The highest BCUT2D eigenvalue weighted by Gasteiger charge is 2.17. The maximum atomic E-state index is 12.1. The molecule has 0 bridgehead atoms. The summed E-state index contributed by atoms with van der Waals surface area (Å²) in [5, 5.41) is 5.64. The maximum absolute atomic E-state index is 12.1. The average molecular weight is 305 g/mol. The molecule has 5 heteroatoms. The zero-order valence-electron chi connectivity index (χ0n) is 14.4. The SMILES string of the molecule is CC(C)c1cccc(NC(=O)N(C)CC(=O)NC(C)(C)C)c1. The molecule has 0 fully saturated rings. The number of carbonyl (C=O) groups is 2. The molecular formula is C17H27N3O2. The number of carbonyl (C=O) groups excluding carboxylic acids is 2. The van der Waals surface area contributed by atoms with Crippen molar-refractivity contribution in [3.63, 3.8) is 0 Å². The average Bonchev–Trinajstić information content (AvgIpc) is 2.36. The number of urea groups is 1. The van der Waals surface area contributed by atoms with Crippen molar-refractivity contribution in [2.24, 2.45) is 0 Å². The standard InChI is InChI=1S/C17H27N3O2/c1-12(2)13-8-7-9-14(10-13)18-16(22)20(6)11-15(21)19-17(3,4)5/h7-10,12H,11H2,1-6H3,(H,18,22)(H,19,21). The molecule has 1 aromatic carbocycles. The molecule has 0 spiro atoms. The predicted molar refractivity (Wildman–Crippen MR) is 90.1 cm³/mol. The Hall–Kier alpha value is -2.04. The Labute approximate surface area is 133 Å². The molecule has 0 saturated heterocycles. The van der Waals surface area contributed by atoms with Gasteiger partial charge in [-0.05, 0) is 44.4 Å². The number of anilines is 1. The highest BCUT2D eigenvalue weighted by Crippen LogP contribution is 2.18. The Balaban J connectivity index is 2.61. The third kappa shape index (κ3) is 6.16. The summed E-state index contributed by atoms with van der Waals surface area (Å²) in [6.45, 7) is 9.94. The molecule has 122 valence electrons. The first-order chi connectivity index (χ1) is 10.1.